The lowest BCUT2D eigenvalue weighted by molar-refractivity contribution is 0.0689. The molecule has 2 rings (SSSR count). The molecule has 0 fully saturated rings. The summed E-state index contributed by atoms with van der Waals surface area (Å²) in [5.74, 6) is -1.49. The predicted octanol–water partition coefficient (Wildman–Crippen LogP) is 1.17. The largest absolute Gasteiger partial charge is 0.494 e. The third-order valence-electron chi connectivity index (χ3n) is 2.30. The molecule has 7 heteroatoms. The quantitative estimate of drug-likeness (QED) is 0.882. The Hall–Kier alpha value is -2.44. The van der Waals surface area contributed by atoms with Crippen LogP contribution in [0.4, 0.5) is 4.39 Å². The molecular formula is C11H10FN3O3. The van der Waals surface area contributed by atoms with E-state index in [1.807, 2.05) is 0 Å². The molecule has 0 unspecified atom stereocenters. The zero-order valence-electron chi connectivity index (χ0n) is 9.50. The monoisotopic (exact) mass is 251 g/mol. The molecule has 2 aromatic rings. The number of halogens is 1. The molecule has 18 heavy (non-hydrogen) atoms. The fourth-order valence-electron chi connectivity index (χ4n) is 1.44. The van der Waals surface area contributed by atoms with Gasteiger partial charge >= 0.3 is 5.97 Å². The summed E-state index contributed by atoms with van der Waals surface area (Å²) >= 11 is 0. The van der Waals surface area contributed by atoms with Gasteiger partial charge in [-0.15, -0.1) is 5.10 Å². The highest BCUT2D eigenvalue weighted by molar-refractivity contribution is 5.84. The second kappa shape index (κ2) is 4.82. The van der Waals surface area contributed by atoms with Crippen LogP contribution in [0.2, 0.25) is 0 Å². The summed E-state index contributed by atoms with van der Waals surface area (Å²) in [6.45, 7) is 0.189. The van der Waals surface area contributed by atoms with Gasteiger partial charge in [0, 0.05) is 0 Å². The van der Waals surface area contributed by atoms with Gasteiger partial charge in [-0.2, -0.15) is 9.90 Å². The summed E-state index contributed by atoms with van der Waals surface area (Å²) in [5, 5.41) is 16.2. The third kappa shape index (κ3) is 2.45. The SMILES string of the molecule is COc1ccc(Cn2ncc(C(=O)O)n2)cc1F. The predicted molar refractivity (Wildman–Crippen MR) is 59.0 cm³/mol. The Labute approximate surface area is 102 Å². The van der Waals surface area contributed by atoms with Gasteiger partial charge in [0.05, 0.1) is 19.9 Å². The number of methoxy groups -OCH3 is 1. The van der Waals surface area contributed by atoms with Gasteiger partial charge < -0.3 is 9.84 Å². The van der Waals surface area contributed by atoms with E-state index in [0.29, 0.717) is 5.56 Å². The lowest BCUT2D eigenvalue weighted by Gasteiger charge is -2.04. The number of aromatic nitrogens is 3. The first-order valence-corrected chi connectivity index (χ1v) is 5.06. The molecule has 0 spiro atoms. The van der Waals surface area contributed by atoms with Gasteiger partial charge in [0.1, 0.15) is 0 Å². The Bertz CT molecular complexity index is 583. The first-order chi connectivity index (χ1) is 8.60. The second-order valence-corrected chi connectivity index (χ2v) is 3.53. The molecular weight excluding hydrogens is 241 g/mol. The molecule has 1 aromatic heterocycles. The number of carboxylic acid groups (broad SMARTS) is 1. The highest BCUT2D eigenvalue weighted by Gasteiger charge is 2.09. The van der Waals surface area contributed by atoms with E-state index >= 15 is 0 Å². The minimum Gasteiger partial charge on any atom is -0.494 e. The Morgan fingerprint density at radius 2 is 2.33 bits per heavy atom. The van der Waals surface area contributed by atoms with Crippen molar-refractivity contribution < 1.29 is 19.0 Å². The Morgan fingerprint density at radius 1 is 1.56 bits per heavy atom. The van der Waals surface area contributed by atoms with Crippen LogP contribution in [0.3, 0.4) is 0 Å². The molecule has 6 nitrogen and oxygen atoms in total. The number of benzene rings is 1. The highest BCUT2D eigenvalue weighted by Crippen LogP contribution is 2.17. The van der Waals surface area contributed by atoms with Crippen molar-refractivity contribution in [1.82, 2.24) is 15.0 Å². The van der Waals surface area contributed by atoms with Crippen molar-refractivity contribution in [3.05, 3.63) is 41.5 Å². The number of carbonyl (C=O) groups is 1. The summed E-state index contributed by atoms with van der Waals surface area (Å²) in [5.41, 5.74) is 0.463. The average Bonchev–Trinajstić information content (AvgIpc) is 2.78. The molecule has 1 N–H and O–H groups in total. The number of carboxylic acids is 1. The molecule has 0 aliphatic rings. The fraction of sp³-hybridized carbons (Fsp3) is 0.182. The minimum atomic E-state index is -1.15. The number of hydrogen-bond acceptors (Lipinski definition) is 4. The lowest BCUT2D eigenvalue weighted by atomic mass is 10.2. The van der Waals surface area contributed by atoms with E-state index in [1.165, 1.54) is 24.0 Å². The maximum Gasteiger partial charge on any atom is 0.358 e. The first-order valence-electron chi connectivity index (χ1n) is 5.06. The van der Waals surface area contributed by atoms with Crippen LogP contribution in [0.5, 0.6) is 5.75 Å². The third-order valence-corrected chi connectivity index (χ3v) is 2.30. The molecule has 94 valence electrons. The Morgan fingerprint density at radius 3 is 2.89 bits per heavy atom. The van der Waals surface area contributed by atoms with Crippen LogP contribution in [0.15, 0.2) is 24.4 Å². The zero-order chi connectivity index (χ0) is 13.1. The van der Waals surface area contributed by atoms with Crippen molar-refractivity contribution in [3.63, 3.8) is 0 Å². The standard InChI is InChI=1S/C11H10FN3O3/c1-18-10-3-2-7(4-8(10)12)6-15-13-5-9(14-15)11(16)17/h2-5H,6H2,1H3,(H,16,17). The number of nitrogens with zero attached hydrogens (tertiary/aromatic N) is 3. The summed E-state index contributed by atoms with van der Waals surface area (Å²) in [6.07, 6.45) is 1.14. The van der Waals surface area contributed by atoms with Crippen LogP contribution in [0.25, 0.3) is 0 Å². The molecule has 0 atom stereocenters. The van der Waals surface area contributed by atoms with Gasteiger partial charge in [-0.05, 0) is 17.7 Å². The van der Waals surface area contributed by atoms with E-state index in [9.17, 15) is 9.18 Å². The summed E-state index contributed by atoms with van der Waals surface area (Å²) < 4.78 is 18.2. The van der Waals surface area contributed by atoms with Gasteiger partial charge in [0.15, 0.2) is 17.3 Å². The molecule has 0 radical (unpaired) electrons. The van der Waals surface area contributed by atoms with E-state index in [1.54, 1.807) is 6.07 Å². The average molecular weight is 251 g/mol. The van der Waals surface area contributed by atoms with Gasteiger partial charge in [-0.1, -0.05) is 6.07 Å². The van der Waals surface area contributed by atoms with Crippen molar-refractivity contribution in [2.75, 3.05) is 7.11 Å². The van der Waals surface area contributed by atoms with Crippen LogP contribution >= 0.6 is 0 Å². The van der Waals surface area contributed by atoms with Gasteiger partial charge in [-0.25, -0.2) is 9.18 Å². The molecule has 0 bridgehead atoms. The molecule has 0 aliphatic heterocycles. The molecule has 0 saturated heterocycles. The molecule has 1 aromatic carbocycles. The topological polar surface area (TPSA) is 77.2 Å². The van der Waals surface area contributed by atoms with E-state index < -0.39 is 11.8 Å². The molecule has 1 heterocycles. The number of aromatic carboxylic acids is 1. The van der Waals surface area contributed by atoms with Crippen LogP contribution in [0.1, 0.15) is 16.1 Å². The molecule has 0 aliphatic carbocycles. The van der Waals surface area contributed by atoms with Crippen molar-refractivity contribution in [2.24, 2.45) is 0 Å². The number of ether oxygens (including phenoxy) is 1. The lowest BCUT2D eigenvalue weighted by Crippen LogP contribution is -2.06. The zero-order valence-corrected chi connectivity index (χ0v) is 9.50. The first kappa shape index (κ1) is 12.0. The van der Waals surface area contributed by atoms with E-state index in [4.69, 9.17) is 9.84 Å². The van der Waals surface area contributed by atoms with E-state index in [-0.39, 0.29) is 18.0 Å². The van der Waals surface area contributed by atoms with Crippen molar-refractivity contribution in [1.29, 1.82) is 0 Å². The fourth-order valence-corrected chi connectivity index (χ4v) is 1.44. The van der Waals surface area contributed by atoms with Crippen LogP contribution in [0, 0.1) is 5.82 Å². The summed E-state index contributed by atoms with van der Waals surface area (Å²) in [6, 6.07) is 4.45. The smallest absolute Gasteiger partial charge is 0.358 e. The van der Waals surface area contributed by atoms with Crippen LogP contribution < -0.4 is 4.74 Å². The summed E-state index contributed by atoms with van der Waals surface area (Å²) in [4.78, 5) is 11.8. The van der Waals surface area contributed by atoms with Crippen LogP contribution in [-0.4, -0.2) is 33.2 Å². The van der Waals surface area contributed by atoms with E-state index in [0.717, 1.165) is 6.20 Å². The summed E-state index contributed by atoms with van der Waals surface area (Å²) in [7, 11) is 1.38. The van der Waals surface area contributed by atoms with Gasteiger partial charge in [-0.3, -0.25) is 0 Å². The second-order valence-electron chi connectivity index (χ2n) is 3.53. The van der Waals surface area contributed by atoms with E-state index in [2.05, 4.69) is 10.2 Å². The molecule has 0 saturated carbocycles. The van der Waals surface area contributed by atoms with Crippen molar-refractivity contribution >= 4 is 5.97 Å². The number of rotatable bonds is 4. The minimum absolute atomic E-state index is 0.149. The van der Waals surface area contributed by atoms with Crippen molar-refractivity contribution in [2.45, 2.75) is 6.54 Å². The number of hydrogen-bond donors (Lipinski definition) is 1. The molecule has 0 amide bonds. The van der Waals surface area contributed by atoms with Crippen molar-refractivity contribution in [3.8, 4) is 5.75 Å². The van der Waals surface area contributed by atoms with Gasteiger partial charge in [0.25, 0.3) is 0 Å². The maximum atomic E-state index is 13.4. The highest BCUT2D eigenvalue weighted by atomic mass is 19.1. The van der Waals surface area contributed by atoms with Crippen LogP contribution in [-0.2, 0) is 6.54 Å². The maximum absolute atomic E-state index is 13.4. The Kier molecular flexibility index (Phi) is 3.22. The Balaban J connectivity index is 2.18. The normalized spacial score (nSPS) is 10.3. The van der Waals surface area contributed by atoms with Gasteiger partial charge in [0.2, 0.25) is 0 Å².